The molecule has 0 aliphatic rings. The van der Waals surface area contributed by atoms with Crippen LogP contribution in [0.25, 0.3) is 0 Å². The Labute approximate surface area is 123 Å². The van der Waals surface area contributed by atoms with Gasteiger partial charge in [-0.25, -0.2) is 18.1 Å². The van der Waals surface area contributed by atoms with Crippen LogP contribution in [0.15, 0.2) is 27.9 Å². The zero-order valence-electron chi connectivity index (χ0n) is 12.0. The summed E-state index contributed by atoms with van der Waals surface area (Å²) in [5, 5.41) is 6.98. The first-order valence-corrected chi connectivity index (χ1v) is 8.13. The molecule has 0 saturated heterocycles. The van der Waals surface area contributed by atoms with Crippen molar-refractivity contribution in [3.8, 4) is 0 Å². The molecule has 0 aromatic carbocycles. The van der Waals surface area contributed by atoms with Crippen LogP contribution in [-0.2, 0) is 29.5 Å². The minimum atomic E-state index is -3.61. The largest absolute Gasteiger partial charge is 0.444 e. The number of hydrogen-bond donors (Lipinski definition) is 2. The highest BCUT2D eigenvalue weighted by Crippen LogP contribution is 2.09. The van der Waals surface area contributed by atoms with Gasteiger partial charge in [0, 0.05) is 19.2 Å². The van der Waals surface area contributed by atoms with Crippen LogP contribution in [0, 0.1) is 0 Å². The highest BCUT2D eigenvalue weighted by Gasteiger charge is 2.17. The summed E-state index contributed by atoms with van der Waals surface area (Å²) >= 11 is 0. The van der Waals surface area contributed by atoms with Crippen molar-refractivity contribution >= 4 is 10.0 Å². The molecule has 2 N–H and O–H groups in total. The normalized spacial score (nSPS) is 11.9. The van der Waals surface area contributed by atoms with E-state index in [9.17, 15) is 8.42 Å². The number of aromatic nitrogens is 3. The van der Waals surface area contributed by atoms with Crippen LogP contribution >= 0.6 is 0 Å². The van der Waals surface area contributed by atoms with Gasteiger partial charge in [0.15, 0.2) is 0 Å². The summed E-state index contributed by atoms with van der Waals surface area (Å²) in [4.78, 5) is 4.13. The number of oxazole rings is 1. The molecular weight excluding hydrogens is 294 g/mol. The lowest BCUT2D eigenvalue weighted by atomic mass is 10.4. The maximum atomic E-state index is 12.1. The van der Waals surface area contributed by atoms with E-state index < -0.39 is 10.0 Å². The Morgan fingerprint density at radius 1 is 1.38 bits per heavy atom. The van der Waals surface area contributed by atoms with Crippen molar-refractivity contribution in [3.05, 3.63) is 30.2 Å². The number of rotatable bonds is 8. The van der Waals surface area contributed by atoms with Gasteiger partial charge in [-0.1, -0.05) is 6.92 Å². The van der Waals surface area contributed by atoms with Crippen molar-refractivity contribution in [3.63, 3.8) is 0 Å². The van der Waals surface area contributed by atoms with Crippen LogP contribution < -0.4 is 10.0 Å². The number of sulfonamides is 1. The highest BCUT2D eigenvalue weighted by atomic mass is 32.2. The molecule has 116 valence electrons. The van der Waals surface area contributed by atoms with Gasteiger partial charge in [0.1, 0.15) is 10.7 Å². The quantitative estimate of drug-likeness (QED) is 0.718. The van der Waals surface area contributed by atoms with E-state index in [1.54, 1.807) is 10.9 Å². The maximum absolute atomic E-state index is 12.1. The lowest BCUT2D eigenvalue weighted by Gasteiger charge is -2.02. The summed E-state index contributed by atoms with van der Waals surface area (Å²) in [6.07, 6.45) is 5.13. The fourth-order valence-corrected chi connectivity index (χ4v) is 2.59. The smallest absolute Gasteiger partial charge is 0.244 e. The van der Waals surface area contributed by atoms with Crippen molar-refractivity contribution in [1.82, 2.24) is 24.8 Å². The number of likely N-dealkylation sites (N-methyl/N-ethyl adjacent to an activating group) is 1. The number of nitrogens with zero attached hydrogens (tertiary/aromatic N) is 3. The van der Waals surface area contributed by atoms with Crippen molar-refractivity contribution in [2.24, 2.45) is 0 Å². The topological polar surface area (TPSA) is 102 Å². The highest BCUT2D eigenvalue weighted by molar-refractivity contribution is 7.89. The molecule has 0 radical (unpaired) electrons. The molecule has 2 aromatic heterocycles. The molecule has 0 bridgehead atoms. The van der Waals surface area contributed by atoms with Gasteiger partial charge in [0.05, 0.1) is 25.5 Å². The van der Waals surface area contributed by atoms with Crippen molar-refractivity contribution < 1.29 is 12.8 Å². The minimum absolute atomic E-state index is 0.0179. The molecule has 0 aliphatic heterocycles. The van der Waals surface area contributed by atoms with Crippen LogP contribution in [0.2, 0.25) is 0 Å². The van der Waals surface area contributed by atoms with E-state index in [1.165, 1.54) is 12.4 Å². The first kappa shape index (κ1) is 15.7. The molecule has 0 atom stereocenters. The molecule has 0 amide bonds. The SMILES string of the molecule is CCc1cnc(CNS(=O)(=O)c2cnn(CCNC)c2)o1. The average molecular weight is 313 g/mol. The first-order valence-electron chi connectivity index (χ1n) is 6.65. The molecule has 0 saturated carbocycles. The molecular formula is C12H19N5O3S. The van der Waals surface area contributed by atoms with Gasteiger partial charge in [-0.15, -0.1) is 0 Å². The second kappa shape index (κ2) is 6.83. The monoisotopic (exact) mass is 313 g/mol. The van der Waals surface area contributed by atoms with E-state index in [4.69, 9.17) is 4.42 Å². The molecule has 0 aliphatic carbocycles. The van der Waals surface area contributed by atoms with Crippen molar-refractivity contribution in [2.75, 3.05) is 13.6 Å². The van der Waals surface area contributed by atoms with E-state index in [0.29, 0.717) is 19.0 Å². The van der Waals surface area contributed by atoms with Gasteiger partial charge in [-0.3, -0.25) is 4.68 Å². The van der Waals surface area contributed by atoms with Crippen LogP contribution in [0.3, 0.4) is 0 Å². The Hall–Kier alpha value is -1.71. The fraction of sp³-hybridized carbons (Fsp3) is 0.500. The Morgan fingerprint density at radius 2 is 2.19 bits per heavy atom. The van der Waals surface area contributed by atoms with Crippen molar-refractivity contribution in [2.45, 2.75) is 31.3 Å². The Bertz CT molecular complexity index is 677. The average Bonchev–Trinajstić information content (AvgIpc) is 3.12. The predicted molar refractivity (Wildman–Crippen MR) is 76.1 cm³/mol. The lowest BCUT2D eigenvalue weighted by Crippen LogP contribution is -2.23. The second-order valence-corrected chi connectivity index (χ2v) is 6.21. The third-order valence-electron chi connectivity index (χ3n) is 2.87. The van der Waals surface area contributed by atoms with Gasteiger partial charge in [-0.05, 0) is 7.05 Å². The molecule has 0 spiro atoms. The van der Waals surface area contributed by atoms with Crippen LogP contribution in [-0.4, -0.2) is 36.8 Å². The molecule has 0 unspecified atom stereocenters. The van der Waals surface area contributed by atoms with E-state index >= 15 is 0 Å². The summed E-state index contributed by atoms with van der Waals surface area (Å²) < 4.78 is 33.6. The lowest BCUT2D eigenvalue weighted by molar-refractivity contribution is 0.452. The van der Waals surface area contributed by atoms with Gasteiger partial charge in [0.25, 0.3) is 0 Å². The number of hydrogen-bond acceptors (Lipinski definition) is 6. The fourth-order valence-electron chi connectivity index (χ4n) is 1.67. The molecule has 2 rings (SSSR count). The summed E-state index contributed by atoms with van der Waals surface area (Å²) in [6.45, 7) is 3.27. The third-order valence-corrected chi connectivity index (χ3v) is 4.23. The van der Waals surface area contributed by atoms with E-state index in [-0.39, 0.29) is 11.4 Å². The van der Waals surface area contributed by atoms with E-state index in [0.717, 1.165) is 12.2 Å². The van der Waals surface area contributed by atoms with Crippen molar-refractivity contribution in [1.29, 1.82) is 0 Å². The van der Waals surface area contributed by atoms with E-state index in [2.05, 4.69) is 20.1 Å². The van der Waals surface area contributed by atoms with Gasteiger partial charge in [0.2, 0.25) is 15.9 Å². The van der Waals surface area contributed by atoms with Crippen LogP contribution in [0.1, 0.15) is 18.6 Å². The Balaban J connectivity index is 1.99. The molecule has 2 aromatic rings. The van der Waals surface area contributed by atoms with Gasteiger partial charge >= 0.3 is 0 Å². The summed E-state index contributed by atoms with van der Waals surface area (Å²) in [6, 6.07) is 0. The van der Waals surface area contributed by atoms with Gasteiger partial charge < -0.3 is 9.73 Å². The second-order valence-electron chi connectivity index (χ2n) is 4.44. The third kappa shape index (κ3) is 4.13. The molecule has 9 heteroatoms. The molecule has 0 fully saturated rings. The minimum Gasteiger partial charge on any atom is -0.444 e. The van der Waals surface area contributed by atoms with Gasteiger partial charge in [-0.2, -0.15) is 5.10 Å². The van der Waals surface area contributed by atoms with Crippen LogP contribution in [0.5, 0.6) is 0 Å². The summed E-state index contributed by atoms with van der Waals surface area (Å²) in [7, 11) is -1.79. The predicted octanol–water partition coefficient (Wildman–Crippen LogP) is 0.131. The Morgan fingerprint density at radius 3 is 2.86 bits per heavy atom. The summed E-state index contributed by atoms with van der Waals surface area (Å²) in [5.74, 6) is 1.07. The van der Waals surface area contributed by atoms with Crippen LogP contribution in [0.4, 0.5) is 0 Å². The molecule has 2 heterocycles. The number of aryl methyl sites for hydroxylation is 1. The molecule has 21 heavy (non-hydrogen) atoms. The zero-order valence-corrected chi connectivity index (χ0v) is 12.9. The zero-order chi connectivity index (χ0) is 15.3. The Kier molecular flexibility index (Phi) is 5.10. The van der Waals surface area contributed by atoms with E-state index in [1.807, 2.05) is 14.0 Å². The molecule has 8 nitrogen and oxygen atoms in total. The number of nitrogens with one attached hydrogen (secondary N) is 2. The first-order chi connectivity index (χ1) is 10.0. The maximum Gasteiger partial charge on any atom is 0.244 e. The standard InChI is InChI=1S/C12H19N5O3S/c1-3-10-6-14-12(20-10)8-16-21(18,19)11-7-15-17(9-11)5-4-13-2/h6-7,9,13,16H,3-5,8H2,1-2H3. The summed E-state index contributed by atoms with van der Waals surface area (Å²) in [5.41, 5.74) is 0.